The normalized spacial score (nSPS) is 41.0. The highest BCUT2D eigenvalue weighted by molar-refractivity contribution is 5.66. The van der Waals surface area contributed by atoms with Crippen LogP contribution in [0.1, 0.15) is 53.4 Å². The van der Waals surface area contributed by atoms with Crippen molar-refractivity contribution in [3.05, 3.63) is 0 Å². The molecule has 20 heavy (non-hydrogen) atoms. The number of ether oxygens (including phenoxy) is 3. The second-order valence-corrected chi connectivity index (χ2v) is 7.02. The zero-order valence-corrected chi connectivity index (χ0v) is 12.7. The maximum absolute atomic E-state index is 11.7. The molecule has 0 aromatic rings. The van der Waals surface area contributed by atoms with Crippen molar-refractivity contribution in [2.75, 3.05) is 0 Å². The predicted molar refractivity (Wildman–Crippen MR) is 72.0 cm³/mol. The van der Waals surface area contributed by atoms with Crippen LogP contribution in [0.3, 0.4) is 0 Å². The summed E-state index contributed by atoms with van der Waals surface area (Å²) < 4.78 is 16.9. The van der Waals surface area contributed by atoms with Gasteiger partial charge >= 0.3 is 0 Å². The number of rotatable bonds is 4. The van der Waals surface area contributed by atoms with Crippen molar-refractivity contribution in [1.82, 2.24) is 0 Å². The second-order valence-electron chi connectivity index (χ2n) is 7.02. The zero-order chi connectivity index (χ0) is 15.0. The van der Waals surface area contributed by atoms with Crippen molar-refractivity contribution in [2.24, 2.45) is 5.41 Å². The van der Waals surface area contributed by atoms with Crippen LogP contribution in [0, 0.1) is 5.41 Å². The Hall–Kier alpha value is -0.940. The predicted octanol–water partition coefficient (Wildman–Crippen LogP) is 2.22. The molecule has 1 saturated heterocycles. The van der Waals surface area contributed by atoms with Gasteiger partial charge in [-0.05, 0) is 40.0 Å². The number of aldehydes is 1. The number of fused-ring (bicyclic) bond motifs is 1. The Balaban J connectivity index is 2.29. The first kappa shape index (κ1) is 15.4. The van der Waals surface area contributed by atoms with Gasteiger partial charge in [0, 0.05) is 11.8 Å². The molecular weight excluding hydrogens is 260 g/mol. The van der Waals surface area contributed by atoms with Crippen molar-refractivity contribution >= 4 is 12.8 Å². The fourth-order valence-corrected chi connectivity index (χ4v) is 3.52. The van der Waals surface area contributed by atoms with E-state index in [-0.39, 0.29) is 11.7 Å². The van der Waals surface area contributed by atoms with Gasteiger partial charge in [0.25, 0.3) is 6.47 Å². The molecule has 0 spiro atoms. The summed E-state index contributed by atoms with van der Waals surface area (Å²) in [6.45, 7) is 8.39. The minimum Gasteiger partial charge on any atom is -0.438 e. The van der Waals surface area contributed by atoms with Gasteiger partial charge in [-0.1, -0.05) is 6.92 Å². The lowest BCUT2D eigenvalue weighted by molar-refractivity contribution is -0.204. The van der Waals surface area contributed by atoms with Crippen LogP contribution in [0.2, 0.25) is 0 Å². The Kier molecular flexibility index (Phi) is 3.95. The third-order valence-electron chi connectivity index (χ3n) is 4.52. The van der Waals surface area contributed by atoms with Gasteiger partial charge in [0.2, 0.25) is 6.29 Å². The second kappa shape index (κ2) is 5.11. The Morgan fingerprint density at radius 3 is 2.55 bits per heavy atom. The minimum absolute atomic E-state index is 0.0818. The Bertz CT molecular complexity index is 388. The Labute approximate surface area is 120 Å². The van der Waals surface area contributed by atoms with Crippen LogP contribution in [-0.4, -0.2) is 36.4 Å². The Morgan fingerprint density at radius 2 is 2.00 bits per heavy atom. The van der Waals surface area contributed by atoms with Crippen LogP contribution in [0.15, 0.2) is 0 Å². The van der Waals surface area contributed by atoms with Crippen LogP contribution in [0.25, 0.3) is 0 Å². The molecule has 5 heteroatoms. The van der Waals surface area contributed by atoms with Crippen LogP contribution in [0.4, 0.5) is 0 Å². The molecule has 5 nitrogen and oxygen atoms in total. The standard InChI is InChI=1S/C15H24O5/c1-13(2,3)19-11-6-5-7-15(9-16)14(11,4)8-12(20-15)18-10-17/h9-12H,5-8H2,1-4H3/t11-,12?,14+,15+/m0/s1. The van der Waals surface area contributed by atoms with Crippen molar-refractivity contribution in [3.63, 3.8) is 0 Å². The van der Waals surface area contributed by atoms with E-state index >= 15 is 0 Å². The molecule has 0 aromatic carbocycles. The molecule has 1 aliphatic heterocycles. The lowest BCUT2D eigenvalue weighted by Crippen LogP contribution is -2.56. The third-order valence-corrected chi connectivity index (χ3v) is 4.52. The van der Waals surface area contributed by atoms with Crippen LogP contribution in [0.5, 0.6) is 0 Å². The van der Waals surface area contributed by atoms with Crippen LogP contribution in [-0.2, 0) is 23.8 Å². The smallest absolute Gasteiger partial charge is 0.295 e. The largest absolute Gasteiger partial charge is 0.438 e. The number of carbonyl (C=O) groups is 2. The summed E-state index contributed by atoms with van der Waals surface area (Å²) in [5.74, 6) is 0. The van der Waals surface area contributed by atoms with E-state index in [1.54, 1.807) is 0 Å². The molecule has 0 radical (unpaired) electrons. The van der Waals surface area contributed by atoms with E-state index in [1.165, 1.54) is 0 Å². The first-order valence-electron chi connectivity index (χ1n) is 7.17. The molecule has 1 unspecified atom stereocenters. The molecule has 0 N–H and O–H groups in total. The molecule has 2 aliphatic rings. The summed E-state index contributed by atoms with van der Waals surface area (Å²) in [6, 6.07) is 0. The van der Waals surface area contributed by atoms with E-state index in [0.29, 0.717) is 19.3 Å². The highest BCUT2D eigenvalue weighted by Gasteiger charge is 2.63. The van der Waals surface area contributed by atoms with Gasteiger partial charge in [-0.3, -0.25) is 4.79 Å². The topological polar surface area (TPSA) is 61.8 Å². The quantitative estimate of drug-likeness (QED) is 0.741. The van der Waals surface area contributed by atoms with Crippen LogP contribution >= 0.6 is 0 Å². The van der Waals surface area contributed by atoms with Gasteiger partial charge < -0.3 is 19.0 Å². The fraction of sp³-hybridized carbons (Fsp3) is 0.867. The van der Waals surface area contributed by atoms with E-state index in [2.05, 4.69) is 0 Å². The number of carbonyl (C=O) groups excluding carboxylic acids is 2. The molecule has 4 atom stereocenters. The maximum Gasteiger partial charge on any atom is 0.295 e. The molecule has 2 fully saturated rings. The summed E-state index contributed by atoms with van der Waals surface area (Å²) in [5.41, 5.74) is -1.66. The average molecular weight is 284 g/mol. The van der Waals surface area contributed by atoms with Gasteiger partial charge in [-0.25, -0.2) is 0 Å². The Morgan fingerprint density at radius 1 is 1.30 bits per heavy atom. The van der Waals surface area contributed by atoms with Crippen molar-refractivity contribution in [1.29, 1.82) is 0 Å². The number of hydrogen-bond donors (Lipinski definition) is 0. The van der Waals surface area contributed by atoms with E-state index < -0.39 is 17.3 Å². The number of hydrogen-bond acceptors (Lipinski definition) is 5. The summed E-state index contributed by atoms with van der Waals surface area (Å²) in [5, 5.41) is 0. The zero-order valence-electron chi connectivity index (χ0n) is 12.7. The van der Waals surface area contributed by atoms with E-state index in [4.69, 9.17) is 14.2 Å². The highest BCUT2D eigenvalue weighted by atomic mass is 16.7. The van der Waals surface area contributed by atoms with Crippen LogP contribution < -0.4 is 0 Å². The molecule has 0 amide bonds. The fourth-order valence-electron chi connectivity index (χ4n) is 3.52. The lowest BCUT2D eigenvalue weighted by Gasteiger charge is -2.48. The average Bonchev–Trinajstić information content (AvgIpc) is 2.62. The van der Waals surface area contributed by atoms with Crippen molar-refractivity contribution in [2.45, 2.75) is 77.0 Å². The van der Waals surface area contributed by atoms with Crippen molar-refractivity contribution in [3.8, 4) is 0 Å². The monoisotopic (exact) mass is 284 g/mol. The van der Waals surface area contributed by atoms with E-state index in [0.717, 1.165) is 19.1 Å². The summed E-state index contributed by atoms with van der Waals surface area (Å²) >= 11 is 0. The minimum atomic E-state index is -0.908. The van der Waals surface area contributed by atoms with Gasteiger partial charge in [-0.15, -0.1) is 0 Å². The molecule has 1 aliphatic carbocycles. The third kappa shape index (κ3) is 2.49. The SMILES string of the molecule is CC(C)(C)O[C@H]1CCC[C@]2(C=O)OC(OC=O)C[C@]12C. The van der Waals surface area contributed by atoms with E-state index in [1.807, 2.05) is 27.7 Å². The summed E-state index contributed by atoms with van der Waals surface area (Å²) in [4.78, 5) is 22.3. The molecule has 2 rings (SSSR count). The maximum atomic E-state index is 11.7. The van der Waals surface area contributed by atoms with Crippen molar-refractivity contribution < 1.29 is 23.8 Å². The highest BCUT2D eigenvalue weighted by Crippen LogP contribution is 2.55. The van der Waals surface area contributed by atoms with Gasteiger partial charge in [0.15, 0.2) is 6.29 Å². The summed E-state index contributed by atoms with van der Waals surface area (Å²) in [6.07, 6.45) is 3.03. The molecule has 1 heterocycles. The van der Waals surface area contributed by atoms with Gasteiger partial charge in [-0.2, -0.15) is 0 Å². The van der Waals surface area contributed by atoms with Gasteiger partial charge in [0.05, 0.1) is 11.7 Å². The molecule has 114 valence electrons. The lowest BCUT2D eigenvalue weighted by atomic mass is 9.62. The van der Waals surface area contributed by atoms with E-state index in [9.17, 15) is 9.59 Å². The molecule has 0 bridgehead atoms. The molecule has 0 aromatic heterocycles. The first-order valence-corrected chi connectivity index (χ1v) is 7.17. The molecular formula is C15H24O5. The first-order chi connectivity index (χ1) is 9.26. The van der Waals surface area contributed by atoms with Gasteiger partial charge in [0.1, 0.15) is 5.60 Å². The molecule has 1 saturated carbocycles. The summed E-state index contributed by atoms with van der Waals surface area (Å²) in [7, 11) is 0.